The normalized spacial score (nSPS) is 17.1. The van der Waals surface area contributed by atoms with Gasteiger partial charge < -0.3 is 18.9 Å². The van der Waals surface area contributed by atoms with Crippen molar-refractivity contribution in [3.8, 4) is 11.5 Å². The molecule has 0 unspecified atom stereocenters. The second kappa shape index (κ2) is 10.1. The molecular formula is C26H21NO8. The van der Waals surface area contributed by atoms with Crippen molar-refractivity contribution in [1.82, 2.24) is 0 Å². The Morgan fingerprint density at radius 2 is 1.17 bits per heavy atom. The average molecular weight is 475 g/mol. The number of amides is 2. The van der Waals surface area contributed by atoms with Crippen LogP contribution in [0.3, 0.4) is 0 Å². The zero-order chi connectivity index (χ0) is 24.9. The SMILES string of the molecule is COc1ccc(OC)c(N2C(=O)[C@@H](OC(=O)c3ccccc3)[C@@H](OC(=O)c3ccccc3)C2=O)c1. The quantitative estimate of drug-likeness (QED) is 0.379. The fourth-order valence-corrected chi connectivity index (χ4v) is 3.57. The number of hydrogen-bond acceptors (Lipinski definition) is 8. The first kappa shape index (κ1) is 23.5. The van der Waals surface area contributed by atoms with Crippen LogP contribution in [0.1, 0.15) is 20.7 Å². The van der Waals surface area contributed by atoms with Gasteiger partial charge in [0.25, 0.3) is 11.8 Å². The molecule has 3 aromatic carbocycles. The minimum atomic E-state index is -1.71. The molecule has 35 heavy (non-hydrogen) atoms. The Balaban J connectivity index is 1.71. The molecule has 2 amide bonds. The van der Waals surface area contributed by atoms with Gasteiger partial charge in [-0.25, -0.2) is 14.5 Å². The van der Waals surface area contributed by atoms with E-state index in [4.69, 9.17) is 18.9 Å². The molecule has 4 rings (SSSR count). The Kier molecular flexibility index (Phi) is 6.77. The zero-order valence-corrected chi connectivity index (χ0v) is 18.9. The van der Waals surface area contributed by atoms with Crippen LogP contribution in [-0.2, 0) is 19.1 Å². The molecule has 1 saturated heterocycles. The van der Waals surface area contributed by atoms with Crippen LogP contribution in [0.2, 0.25) is 0 Å². The number of ether oxygens (including phenoxy) is 4. The lowest BCUT2D eigenvalue weighted by Gasteiger charge is -2.18. The molecule has 0 saturated carbocycles. The van der Waals surface area contributed by atoms with E-state index in [9.17, 15) is 19.2 Å². The number of nitrogens with zero attached hydrogens (tertiary/aromatic N) is 1. The van der Waals surface area contributed by atoms with Gasteiger partial charge in [0.05, 0.1) is 31.0 Å². The summed E-state index contributed by atoms with van der Waals surface area (Å²) < 4.78 is 21.3. The molecule has 0 aliphatic carbocycles. The van der Waals surface area contributed by atoms with Crippen LogP contribution < -0.4 is 14.4 Å². The van der Waals surface area contributed by atoms with Crippen LogP contribution in [0.25, 0.3) is 0 Å². The maximum absolute atomic E-state index is 13.4. The van der Waals surface area contributed by atoms with Gasteiger partial charge in [-0.2, -0.15) is 0 Å². The Bertz CT molecular complexity index is 1190. The van der Waals surface area contributed by atoms with Crippen LogP contribution in [0, 0.1) is 0 Å². The number of benzene rings is 3. The van der Waals surface area contributed by atoms with Gasteiger partial charge in [-0.05, 0) is 36.4 Å². The van der Waals surface area contributed by atoms with Crippen molar-refractivity contribution in [1.29, 1.82) is 0 Å². The lowest BCUT2D eigenvalue weighted by molar-refractivity contribution is -0.130. The highest BCUT2D eigenvalue weighted by Gasteiger charge is 2.54. The van der Waals surface area contributed by atoms with Crippen molar-refractivity contribution in [2.75, 3.05) is 19.1 Å². The lowest BCUT2D eigenvalue weighted by atomic mass is 10.2. The molecular weight excluding hydrogens is 454 g/mol. The van der Waals surface area contributed by atoms with Gasteiger partial charge in [0.15, 0.2) is 0 Å². The Morgan fingerprint density at radius 3 is 1.60 bits per heavy atom. The second-order valence-corrected chi connectivity index (χ2v) is 7.43. The second-order valence-electron chi connectivity index (χ2n) is 7.43. The van der Waals surface area contributed by atoms with Gasteiger partial charge in [0.1, 0.15) is 11.5 Å². The van der Waals surface area contributed by atoms with Crippen LogP contribution >= 0.6 is 0 Å². The summed E-state index contributed by atoms with van der Waals surface area (Å²) in [6.45, 7) is 0. The number of carbonyl (C=O) groups is 4. The van der Waals surface area contributed by atoms with Gasteiger partial charge in [-0.15, -0.1) is 0 Å². The van der Waals surface area contributed by atoms with E-state index in [0.717, 1.165) is 4.90 Å². The predicted molar refractivity (Wildman–Crippen MR) is 123 cm³/mol. The molecule has 1 aliphatic rings. The maximum Gasteiger partial charge on any atom is 0.339 e. The maximum atomic E-state index is 13.4. The number of methoxy groups -OCH3 is 2. The number of carbonyl (C=O) groups excluding carboxylic acids is 4. The first-order valence-electron chi connectivity index (χ1n) is 10.6. The molecule has 2 atom stereocenters. The molecule has 1 heterocycles. The average Bonchev–Trinajstić information content (AvgIpc) is 3.12. The van der Waals surface area contributed by atoms with E-state index in [1.54, 1.807) is 42.5 Å². The van der Waals surface area contributed by atoms with Gasteiger partial charge in [-0.3, -0.25) is 9.59 Å². The van der Waals surface area contributed by atoms with Crippen LogP contribution in [0.15, 0.2) is 78.9 Å². The number of anilines is 1. The molecule has 0 N–H and O–H groups in total. The van der Waals surface area contributed by atoms with E-state index in [1.807, 2.05) is 0 Å². The lowest BCUT2D eigenvalue weighted by Crippen LogP contribution is -2.37. The number of imide groups is 1. The van der Waals surface area contributed by atoms with Crippen molar-refractivity contribution in [2.24, 2.45) is 0 Å². The molecule has 0 aromatic heterocycles. The third-order valence-electron chi connectivity index (χ3n) is 5.32. The minimum absolute atomic E-state index is 0.0564. The van der Waals surface area contributed by atoms with Crippen molar-refractivity contribution in [3.63, 3.8) is 0 Å². The summed E-state index contributed by atoms with van der Waals surface area (Å²) in [6.07, 6.45) is -3.42. The standard InChI is InChI=1S/C26H21NO8/c1-32-18-13-14-20(33-2)19(15-18)27-23(28)21(34-25(30)16-9-5-3-6-10-16)22(24(27)29)35-26(31)17-11-7-4-8-12-17/h3-15,21-22H,1-2H3/t21-,22+. The first-order chi connectivity index (χ1) is 16.9. The number of esters is 2. The molecule has 0 radical (unpaired) electrons. The summed E-state index contributed by atoms with van der Waals surface area (Å²) in [5, 5.41) is 0. The highest BCUT2D eigenvalue weighted by Crippen LogP contribution is 2.37. The summed E-state index contributed by atoms with van der Waals surface area (Å²) in [5.41, 5.74) is 0.387. The molecule has 178 valence electrons. The molecule has 1 fully saturated rings. The van der Waals surface area contributed by atoms with Gasteiger partial charge in [0.2, 0.25) is 12.2 Å². The fraction of sp³-hybridized carbons (Fsp3) is 0.154. The smallest absolute Gasteiger partial charge is 0.339 e. The van der Waals surface area contributed by atoms with E-state index < -0.39 is 36.0 Å². The van der Waals surface area contributed by atoms with Gasteiger partial charge in [-0.1, -0.05) is 36.4 Å². The summed E-state index contributed by atoms with van der Waals surface area (Å²) in [6, 6.07) is 20.4. The minimum Gasteiger partial charge on any atom is -0.497 e. The Hall–Kier alpha value is -4.66. The Morgan fingerprint density at radius 1 is 0.686 bits per heavy atom. The Labute approximate surface area is 200 Å². The van der Waals surface area contributed by atoms with Crippen LogP contribution in [0.5, 0.6) is 11.5 Å². The molecule has 0 spiro atoms. The summed E-state index contributed by atoms with van der Waals surface area (Å²) in [4.78, 5) is 53.1. The first-order valence-corrected chi connectivity index (χ1v) is 10.6. The van der Waals surface area contributed by atoms with Crippen molar-refractivity contribution in [2.45, 2.75) is 12.2 Å². The molecule has 3 aromatic rings. The van der Waals surface area contributed by atoms with E-state index in [-0.39, 0.29) is 22.6 Å². The number of rotatable bonds is 7. The van der Waals surface area contributed by atoms with Crippen molar-refractivity contribution < 1.29 is 38.1 Å². The largest absolute Gasteiger partial charge is 0.497 e. The third-order valence-corrected chi connectivity index (χ3v) is 5.32. The van der Waals surface area contributed by atoms with E-state index >= 15 is 0 Å². The molecule has 9 nitrogen and oxygen atoms in total. The van der Waals surface area contributed by atoms with Gasteiger partial charge >= 0.3 is 11.9 Å². The zero-order valence-electron chi connectivity index (χ0n) is 18.9. The van der Waals surface area contributed by atoms with E-state index in [0.29, 0.717) is 5.75 Å². The van der Waals surface area contributed by atoms with Gasteiger partial charge in [0, 0.05) is 6.07 Å². The van der Waals surface area contributed by atoms with E-state index in [2.05, 4.69) is 0 Å². The molecule has 9 heteroatoms. The summed E-state index contributed by atoms with van der Waals surface area (Å²) >= 11 is 0. The number of hydrogen-bond donors (Lipinski definition) is 0. The van der Waals surface area contributed by atoms with E-state index in [1.165, 1.54) is 50.6 Å². The summed E-state index contributed by atoms with van der Waals surface area (Å²) in [7, 11) is 2.80. The molecule has 0 bridgehead atoms. The highest BCUT2D eigenvalue weighted by molar-refractivity contribution is 6.26. The van der Waals surface area contributed by atoms with Crippen molar-refractivity contribution >= 4 is 29.4 Å². The molecule has 1 aliphatic heterocycles. The van der Waals surface area contributed by atoms with Crippen LogP contribution in [-0.4, -0.2) is 50.2 Å². The fourth-order valence-electron chi connectivity index (χ4n) is 3.57. The highest BCUT2D eigenvalue weighted by atomic mass is 16.6. The predicted octanol–water partition coefficient (Wildman–Crippen LogP) is 3.03. The van der Waals surface area contributed by atoms with Crippen molar-refractivity contribution in [3.05, 3.63) is 90.0 Å². The monoisotopic (exact) mass is 475 g/mol. The third kappa shape index (κ3) is 4.70. The van der Waals surface area contributed by atoms with Crippen LogP contribution in [0.4, 0.5) is 5.69 Å². The summed E-state index contributed by atoms with van der Waals surface area (Å²) in [5.74, 6) is -2.94. The topological polar surface area (TPSA) is 108 Å².